The number of furan rings is 1. The maximum Gasteiger partial charge on any atom is 0.301 e. The van der Waals surface area contributed by atoms with E-state index in [0.717, 1.165) is 11.3 Å². The van der Waals surface area contributed by atoms with Crippen molar-refractivity contribution in [3.63, 3.8) is 0 Å². The molecule has 0 atom stereocenters. The molecule has 1 saturated carbocycles. The minimum Gasteiger partial charge on any atom is -0.493 e. The van der Waals surface area contributed by atoms with Gasteiger partial charge in [0.1, 0.15) is 5.75 Å². The van der Waals surface area contributed by atoms with Crippen LogP contribution < -0.4 is 16.0 Å². The van der Waals surface area contributed by atoms with Crippen molar-refractivity contribution in [3.05, 3.63) is 42.4 Å². The van der Waals surface area contributed by atoms with Gasteiger partial charge in [-0.05, 0) is 30.9 Å². The van der Waals surface area contributed by atoms with E-state index in [2.05, 4.69) is 5.43 Å². The maximum atomic E-state index is 11.8. The van der Waals surface area contributed by atoms with Crippen LogP contribution in [0.2, 0.25) is 0 Å². The summed E-state index contributed by atoms with van der Waals surface area (Å²) in [6.07, 6.45) is 7.86. The van der Waals surface area contributed by atoms with Gasteiger partial charge >= 0.3 is 5.91 Å². The molecule has 0 radical (unpaired) electrons. The molecule has 1 aromatic heterocycles. The van der Waals surface area contributed by atoms with E-state index in [9.17, 15) is 4.79 Å². The number of carbonyl (C=O) groups excluding carboxylic acids is 1. The predicted molar refractivity (Wildman–Crippen MR) is 87.9 cm³/mol. The molecule has 1 aliphatic carbocycles. The summed E-state index contributed by atoms with van der Waals surface area (Å²) in [6.45, 7) is 0.716. The van der Waals surface area contributed by atoms with E-state index in [1.54, 1.807) is 6.07 Å². The van der Waals surface area contributed by atoms with Gasteiger partial charge in [0.25, 0.3) is 0 Å². The number of hydrogen-bond acceptors (Lipinski definition) is 4. The number of hydrogen-bond donors (Lipinski definition) is 2. The van der Waals surface area contributed by atoms with Crippen LogP contribution in [0.25, 0.3) is 11.1 Å². The lowest BCUT2D eigenvalue weighted by molar-refractivity contribution is 0.0927. The second-order valence-corrected chi connectivity index (χ2v) is 5.95. The molecule has 1 aromatic carbocycles. The Bertz CT molecular complexity index is 660. The molecule has 2 aromatic rings. The lowest BCUT2D eigenvalue weighted by Crippen LogP contribution is -2.30. The fraction of sp³-hybridized carbons (Fsp3) is 0.389. The molecule has 0 bridgehead atoms. The summed E-state index contributed by atoms with van der Waals surface area (Å²) in [4.78, 5) is 11.8. The molecule has 1 amide bonds. The molecule has 3 rings (SSSR count). The van der Waals surface area contributed by atoms with Gasteiger partial charge in [-0.1, -0.05) is 37.5 Å². The summed E-state index contributed by atoms with van der Waals surface area (Å²) in [5, 5.41) is 0. The Labute approximate surface area is 135 Å². The van der Waals surface area contributed by atoms with Crippen LogP contribution in [0.5, 0.6) is 5.75 Å². The van der Waals surface area contributed by atoms with Gasteiger partial charge in [0, 0.05) is 11.1 Å². The topological polar surface area (TPSA) is 77.5 Å². The van der Waals surface area contributed by atoms with Crippen LogP contribution in [-0.2, 0) is 0 Å². The first-order chi connectivity index (χ1) is 11.3. The molecule has 1 fully saturated rings. The lowest BCUT2D eigenvalue weighted by Gasteiger charge is -2.22. The van der Waals surface area contributed by atoms with Gasteiger partial charge in [-0.2, -0.15) is 0 Å². The van der Waals surface area contributed by atoms with E-state index in [4.69, 9.17) is 15.0 Å². The van der Waals surface area contributed by atoms with Crippen LogP contribution >= 0.6 is 0 Å². The smallest absolute Gasteiger partial charge is 0.301 e. The van der Waals surface area contributed by atoms with Crippen molar-refractivity contribution in [2.24, 2.45) is 11.8 Å². The molecule has 5 nitrogen and oxygen atoms in total. The Hall–Kier alpha value is -2.27. The van der Waals surface area contributed by atoms with E-state index in [1.165, 1.54) is 38.4 Å². The molecule has 1 heterocycles. The second-order valence-electron chi connectivity index (χ2n) is 5.95. The number of carbonyl (C=O) groups is 1. The van der Waals surface area contributed by atoms with Gasteiger partial charge in [0.2, 0.25) is 0 Å². The molecule has 5 heteroatoms. The standard InChI is InChI=1S/C18H22N2O3/c19-20-18(21)17-15(10-11-22-17)14-8-4-5-9-16(14)23-12-13-6-2-1-3-7-13/h4-5,8-11,13H,1-3,6-7,12,19H2,(H,20,21). The van der Waals surface area contributed by atoms with Crippen molar-refractivity contribution in [3.8, 4) is 16.9 Å². The van der Waals surface area contributed by atoms with Gasteiger partial charge in [0.05, 0.1) is 12.9 Å². The minimum absolute atomic E-state index is 0.196. The third kappa shape index (κ3) is 3.56. The van der Waals surface area contributed by atoms with Crippen molar-refractivity contribution >= 4 is 5.91 Å². The number of nitrogens with two attached hydrogens (primary N) is 1. The monoisotopic (exact) mass is 314 g/mol. The van der Waals surface area contributed by atoms with Crippen LogP contribution in [-0.4, -0.2) is 12.5 Å². The summed E-state index contributed by atoms with van der Waals surface area (Å²) >= 11 is 0. The summed E-state index contributed by atoms with van der Waals surface area (Å²) in [7, 11) is 0. The molecule has 0 saturated heterocycles. The van der Waals surface area contributed by atoms with E-state index in [0.29, 0.717) is 18.1 Å². The van der Waals surface area contributed by atoms with Crippen molar-refractivity contribution in [2.75, 3.05) is 6.61 Å². The first kappa shape index (κ1) is 15.6. The predicted octanol–water partition coefficient (Wildman–Crippen LogP) is 3.51. The Balaban J connectivity index is 1.80. The number of para-hydroxylation sites is 1. The highest BCUT2D eigenvalue weighted by Gasteiger charge is 2.20. The summed E-state index contributed by atoms with van der Waals surface area (Å²) in [5.74, 6) is 6.34. The molecular formula is C18H22N2O3. The van der Waals surface area contributed by atoms with Gasteiger partial charge in [0.15, 0.2) is 5.76 Å². The average Bonchev–Trinajstić information content (AvgIpc) is 3.10. The van der Waals surface area contributed by atoms with Gasteiger partial charge < -0.3 is 9.15 Å². The zero-order valence-electron chi connectivity index (χ0n) is 13.1. The van der Waals surface area contributed by atoms with E-state index in [-0.39, 0.29) is 5.76 Å². The van der Waals surface area contributed by atoms with E-state index < -0.39 is 5.91 Å². The van der Waals surface area contributed by atoms with Crippen LogP contribution in [0.4, 0.5) is 0 Å². The maximum absolute atomic E-state index is 11.8. The van der Waals surface area contributed by atoms with Crippen LogP contribution in [0.1, 0.15) is 42.7 Å². The third-order valence-electron chi connectivity index (χ3n) is 4.38. The summed E-state index contributed by atoms with van der Waals surface area (Å²) in [5.41, 5.74) is 3.64. The normalized spacial score (nSPS) is 15.3. The Kier molecular flexibility index (Phi) is 4.98. The van der Waals surface area contributed by atoms with Crippen LogP contribution in [0.15, 0.2) is 41.0 Å². The third-order valence-corrected chi connectivity index (χ3v) is 4.38. The highest BCUT2D eigenvalue weighted by molar-refractivity contribution is 5.98. The van der Waals surface area contributed by atoms with Gasteiger partial charge in [-0.3, -0.25) is 10.2 Å². The van der Waals surface area contributed by atoms with E-state index >= 15 is 0 Å². The molecular weight excluding hydrogens is 292 g/mol. The van der Waals surface area contributed by atoms with Crippen molar-refractivity contribution < 1.29 is 13.9 Å². The molecule has 122 valence electrons. The largest absolute Gasteiger partial charge is 0.493 e. The molecule has 23 heavy (non-hydrogen) atoms. The number of nitrogen functional groups attached to an aromatic ring is 1. The summed E-state index contributed by atoms with van der Waals surface area (Å²) in [6, 6.07) is 9.46. The Morgan fingerprint density at radius 3 is 2.74 bits per heavy atom. The average molecular weight is 314 g/mol. The highest BCUT2D eigenvalue weighted by atomic mass is 16.5. The highest BCUT2D eigenvalue weighted by Crippen LogP contribution is 2.34. The zero-order chi connectivity index (χ0) is 16.1. The van der Waals surface area contributed by atoms with E-state index in [1.807, 2.05) is 24.3 Å². The van der Waals surface area contributed by atoms with Crippen LogP contribution in [0.3, 0.4) is 0 Å². The molecule has 0 aliphatic heterocycles. The minimum atomic E-state index is -0.452. The number of amides is 1. The van der Waals surface area contributed by atoms with Gasteiger partial charge in [-0.15, -0.1) is 0 Å². The fourth-order valence-electron chi connectivity index (χ4n) is 3.14. The van der Waals surface area contributed by atoms with Gasteiger partial charge in [-0.25, -0.2) is 5.84 Å². The number of nitrogens with one attached hydrogen (secondary N) is 1. The second kappa shape index (κ2) is 7.33. The number of ether oxygens (including phenoxy) is 1. The quantitative estimate of drug-likeness (QED) is 0.503. The molecule has 0 unspecified atom stereocenters. The first-order valence-electron chi connectivity index (χ1n) is 8.10. The number of benzene rings is 1. The lowest BCUT2D eigenvalue weighted by atomic mass is 9.90. The number of rotatable bonds is 5. The number of hydrazine groups is 1. The van der Waals surface area contributed by atoms with Crippen LogP contribution in [0, 0.1) is 5.92 Å². The molecule has 1 aliphatic rings. The molecule has 3 N–H and O–H groups in total. The Morgan fingerprint density at radius 2 is 1.96 bits per heavy atom. The summed E-state index contributed by atoms with van der Waals surface area (Å²) < 4.78 is 11.3. The van der Waals surface area contributed by atoms with Crippen molar-refractivity contribution in [1.29, 1.82) is 0 Å². The van der Waals surface area contributed by atoms with Crippen molar-refractivity contribution in [1.82, 2.24) is 5.43 Å². The SMILES string of the molecule is NNC(=O)c1occc1-c1ccccc1OCC1CCCCC1. The van der Waals surface area contributed by atoms with Crippen molar-refractivity contribution in [2.45, 2.75) is 32.1 Å². The Morgan fingerprint density at radius 1 is 1.17 bits per heavy atom. The molecule has 0 spiro atoms. The first-order valence-corrected chi connectivity index (χ1v) is 8.10. The fourth-order valence-corrected chi connectivity index (χ4v) is 3.14. The zero-order valence-corrected chi connectivity index (χ0v) is 13.1.